The fourth-order valence-electron chi connectivity index (χ4n) is 1.34. The van der Waals surface area contributed by atoms with Crippen molar-refractivity contribution in [2.24, 2.45) is 0 Å². The summed E-state index contributed by atoms with van der Waals surface area (Å²) >= 11 is 4.29. The number of esters is 1. The van der Waals surface area contributed by atoms with Crippen molar-refractivity contribution in [3.8, 4) is 0 Å². The number of methoxy groups -OCH3 is 1. The second-order valence-corrected chi connectivity index (χ2v) is 4.29. The van der Waals surface area contributed by atoms with Crippen LogP contribution in [0.25, 0.3) is 5.78 Å². The largest absolute Gasteiger partial charge is 0.463 e. The summed E-state index contributed by atoms with van der Waals surface area (Å²) in [5.41, 5.74) is 0.853. The molecule has 0 aliphatic rings. The molecule has 2 aromatic rings. The molecule has 0 radical (unpaired) electrons. The van der Waals surface area contributed by atoms with Crippen LogP contribution in [0.15, 0.2) is 11.1 Å². The van der Waals surface area contributed by atoms with Crippen LogP contribution >= 0.6 is 12.6 Å². The Hall–Kier alpha value is -1.63. The fraction of sp³-hybridized carbons (Fsp3) is 0.400. The van der Waals surface area contributed by atoms with E-state index in [4.69, 9.17) is 0 Å². The zero-order valence-corrected chi connectivity index (χ0v) is 10.6. The highest BCUT2D eigenvalue weighted by Crippen LogP contribution is 2.17. The monoisotopic (exact) mass is 252 g/mol. The molecule has 0 aliphatic carbocycles. The van der Waals surface area contributed by atoms with Crippen molar-refractivity contribution < 1.29 is 9.53 Å². The zero-order valence-electron chi connectivity index (χ0n) is 9.71. The molecule has 6 nitrogen and oxygen atoms in total. The first-order valence-corrected chi connectivity index (χ1v) is 5.52. The van der Waals surface area contributed by atoms with Crippen LogP contribution in [0, 0.1) is 0 Å². The molecule has 0 saturated heterocycles. The number of hydrogen-bond acceptors (Lipinski definition) is 6. The van der Waals surface area contributed by atoms with Gasteiger partial charge < -0.3 is 4.74 Å². The van der Waals surface area contributed by atoms with E-state index >= 15 is 0 Å². The molecule has 17 heavy (non-hydrogen) atoms. The Bertz CT molecular complexity index is 579. The van der Waals surface area contributed by atoms with Crippen molar-refractivity contribution in [3.05, 3.63) is 17.6 Å². The van der Waals surface area contributed by atoms with E-state index in [1.165, 1.54) is 11.6 Å². The predicted molar refractivity (Wildman–Crippen MR) is 63.5 cm³/mol. The summed E-state index contributed by atoms with van der Waals surface area (Å²) in [4.78, 5) is 19.6. The summed E-state index contributed by atoms with van der Waals surface area (Å²) in [5.74, 6) is -0.00341. The highest BCUT2D eigenvalue weighted by Gasteiger charge is 2.16. The Morgan fingerprint density at radius 1 is 1.47 bits per heavy atom. The highest BCUT2D eigenvalue weighted by atomic mass is 32.1. The van der Waals surface area contributed by atoms with Crippen LogP contribution in [0.4, 0.5) is 0 Å². The fourth-order valence-corrected chi connectivity index (χ4v) is 1.61. The maximum Gasteiger partial charge on any atom is 0.378 e. The van der Waals surface area contributed by atoms with E-state index in [0.29, 0.717) is 10.8 Å². The van der Waals surface area contributed by atoms with Gasteiger partial charge in [-0.1, -0.05) is 13.8 Å². The van der Waals surface area contributed by atoms with Gasteiger partial charge in [-0.2, -0.15) is 9.50 Å². The van der Waals surface area contributed by atoms with Gasteiger partial charge in [-0.3, -0.25) is 0 Å². The maximum absolute atomic E-state index is 11.3. The van der Waals surface area contributed by atoms with Gasteiger partial charge in [0.1, 0.15) is 5.03 Å². The summed E-state index contributed by atoms with van der Waals surface area (Å²) in [6.07, 6.45) is 0. The first-order valence-electron chi connectivity index (χ1n) is 5.08. The first kappa shape index (κ1) is 11.8. The summed E-state index contributed by atoms with van der Waals surface area (Å²) < 4.78 is 5.96. The molecule has 0 N–H and O–H groups in total. The van der Waals surface area contributed by atoms with E-state index < -0.39 is 5.97 Å². The van der Waals surface area contributed by atoms with E-state index in [1.54, 1.807) is 6.07 Å². The van der Waals surface area contributed by atoms with Crippen LogP contribution < -0.4 is 0 Å². The number of aromatic nitrogens is 4. The third kappa shape index (κ3) is 2.10. The maximum atomic E-state index is 11.3. The van der Waals surface area contributed by atoms with E-state index in [0.717, 1.165) is 5.69 Å². The molecule has 2 aromatic heterocycles. The second-order valence-electron chi connectivity index (χ2n) is 3.83. The number of thiol groups is 1. The van der Waals surface area contributed by atoms with Crippen LogP contribution in [-0.4, -0.2) is 32.7 Å². The molecule has 0 bridgehead atoms. The minimum absolute atomic E-state index is 0.0174. The summed E-state index contributed by atoms with van der Waals surface area (Å²) in [6.45, 7) is 4.03. The topological polar surface area (TPSA) is 69.4 Å². The Balaban J connectivity index is 2.60. The molecular weight excluding hydrogens is 240 g/mol. The molecule has 7 heteroatoms. The number of ether oxygens (including phenoxy) is 1. The van der Waals surface area contributed by atoms with Crippen molar-refractivity contribution in [1.82, 2.24) is 19.6 Å². The standard InChI is InChI=1S/C10H12N4O2S/c1-5(2)6-4-7(17)14-10(11-6)12-8(13-14)9(15)16-3/h4-5,17H,1-3H3. The number of carbonyl (C=O) groups is 1. The molecule has 0 aliphatic heterocycles. The number of rotatable bonds is 2. The molecule has 0 aromatic carbocycles. The third-order valence-electron chi connectivity index (χ3n) is 2.27. The van der Waals surface area contributed by atoms with E-state index in [1.807, 2.05) is 13.8 Å². The molecule has 0 saturated carbocycles. The summed E-state index contributed by atoms with van der Waals surface area (Å²) in [7, 11) is 1.28. The van der Waals surface area contributed by atoms with Crippen molar-refractivity contribution >= 4 is 24.4 Å². The Morgan fingerprint density at radius 2 is 2.18 bits per heavy atom. The van der Waals surface area contributed by atoms with E-state index in [2.05, 4.69) is 32.4 Å². The van der Waals surface area contributed by atoms with E-state index in [-0.39, 0.29) is 11.7 Å². The smallest absolute Gasteiger partial charge is 0.378 e. The van der Waals surface area contributed by atoms with Crippen LogP contribution in [0.3, 0.4) is 0 Å². The molecule has 0 atom stereocenters. The van der Waals surface area contributed by atoms with Gasteiger partial charge in [0.25, 0.3) is 11.6 Å². The lowest BCUT2D eigenvalue weighted by Crippen LogP contribution is -2.04. The average Bonchev–Trinajstić information content (AvgIpc) is 2.72. The van der Waals surface area contributed by atoms with Gasteiger partial charge in [-0.15, -0.1) is 17.7 Å². The zero-order chi connectivity index (χ0) is 12.6. The lowest BCUT2D eigenvalue weighted by molar-refractivity contribution is 0.0587. The molecule has 0 spiro atoms. The van der Waals surface area contributed by atoms with Crippen molar-refractivity contribution in [1.29, 1.82) is 0 Å². The number of carbonyl (C=O) groups excluding carboxylic acids is 1. The minimum Gasteiger partial charge on any atom is -0.463 e. The predicted octanol–water partition coefficient (Wildman–Crippen LogP) is 1.32. The van der Waals surface area contributed by atoms with Crippen molar-refractivity contribution in [2.75, 3.05) is 7.11 Å². The molecular formula is C10H12N4O2S. The van der Waals surface area contributed by atoms with Gasteiger partial charge in [0.05, 0.1) is 7.11 Å². The summed E-state index contributed by atoms with van der Waals surface area (Å²) in [5, 5.41) is 4.56. The van der Waals surface area contributed by atoms with Crippen molar-refractivity contribution in [2.45, 2.75) is 24.8 Å². The highest BCUT2D eigenvalue weighted by molar-refractivity contribution is 7.80. The molecule has 2 rings (SSSR count). The Kier molecular flexibility index (Phi) is 3.01. The van der Waals surface area contributed by atoms with Gasteiger partial charge >= 0.3 is 5.97 Å². The van der Waals surface area contributed by atoms with Gasteiger partial charge in [-0.25, -0.2) is 9.78 Å². The lowest BCUT2D eigenvalue weighted by Gasteiger charge is -2.04. The van der Waals surface area contributed by atoms with Crippen molar-refractivity contribution in [3.63, 3.8) is 0 Å². The normalized spacial score (nSPS) is 11.1. The second kappa shape index (κ2) is 4.33. The SMILES string of the molecule is COC(=O)c1nc2nc(C(C)C)cc(S)n2n1. The molecule has 0 fully saturated rings. The molecule has 0 amide bonds. The quantitative estimate of drug-likeness (QED) is 0.496. The van der Waals surface area contributed by atoms with Crippen LogP contribution in [0.2, 0.25) is 0 Å². The van der Waals surface area contributed by atoms with Gasteiger partial charge in [0, 0.05) is 5.69 Å². The lowest BCUT2D eigenvalue weighted by atomic mass is 10.1. The number of hydrogen-bond donors (Lipinski definition) is 1. The van der Waals surface area contributed by atoms with Crippen LogP contribution in [0.1, 0.15) is 36.1 Å². The Morgan fingerprint density at radius 3 is 2.76 bits per heavy atom. The first-order chi connectivity index (χ1) is 8.02. The number of nitrogens with zero attached hydrogens (tertiary/aromatic N) is 4. The Labute approximate surface area is 103 Å². The van der Waals surface area contributed by atoms with E-state index in [9.17, 15) is 4.79 Å². The van der Waals surface area contributed by atoms with Crippen LogP contribution in [-0.2, 0) is 4.74 Å². The van der Waals surface area contributed by atoms with Gasteiger partial charge in [-0.05, 0) is 12.0 Å². The van der Waals surface area contributed by atoms with Gasteiger partial charge in [0.2, 0.25) is 0 Å². The summed E-state index contributed by atoms with van der Waals surface area (Å²) in [6, 6.07) is 1.80. The van der Waals surface area contributed by atoms with Gasteiger partial charge in [0.15, 0.2) is 0 Å². The molecule has 2 heterocycles. The molecule has 90 valence electrons. The third-order valence-corrected chi connectivity index (χ3v) is 2.59. The average molecular weight is 252 g/mol. The minimum atomic E-state index is -0.589. The molecule has 0 unspecified atom stereocenters. The number of fused-ring (bicyclic) bond motifs is 1. The van der Waals surface area contributed by atoms with Crippen LogP contribution in [0.5, 0.6) is 0 Å².